The molecule has 2 aliphatic rings. The first-order chi connectivity index (χ1) is 7.66. The van der Waals surface area contributed by atoms with Gasteiger partial charge in [-0.3, -0.25) is 14.7 Å². The minimum Gasteiger partial charge on any atom is -0.290 e. The van der Waals surface area contributed by atoms with E-state index in [-0.39, 0.29) is 0 Å². The summed E-state index contributed by atoms with van der Waals surface area (Å²) in [6.45, 7) is 20.0. The molecule has 0 aliphatic carbocycles. The summed E-state index contributed by atoms with van der Waals surface area (Å²) in [5.74, 6) is 0.891. The van der Waals surface area contributed by atoms with Crippen molar-refractivity contribution in [1.29, 1.82) is 0 Å². The Balaban J connectivity index is 1.64. The van der Waals surface area contributed by atoms with Crippen LogP contribution in [0.2, 0.25) is 0 Å². The largest absolute Gasteiger partial charge is 0.290 e. The van der Waals surface area contributed by atoms with Crippen molar-refractivity contribution in [2.45, 2.75) is 47.1 Å². The van der Waals surface area contributed by atoms with Crippen LogP contribution < -0.4 is 0 Å². The molecule has 3 nitrogen and oxygen atoms in total. The maximum atomic E-state index is 2.58. The van der Waals surface area contributed by atoms with Gasteiger partial charge in [0.1, 0.15) is 0 Å². The van der Waals surface area contributed by atoms with Gasteiger partial charge in [-0.2, -0.15) is 0 Å². The second-order valence-corrected chi connectivity index (χ2v) is 7.90. The summed E-state index contributed by atoms with van der Waals surface area (Å²) >= 11 is 0. The average molecular weight is 239 g/mol. The van der Waals surface area contributed by atoms with E-state index in [1.165, 1.54) is 19.8 Å². The topological polar surface area (TPSA) is 9.72 Å². The Bertz CT molecular complexity index is 234. The lowest BCUT2D eigenvalue weighted by atomic mass is 9.76. The maximum Gasteiger partial charge on any atom is 0.0547 e. The van der Waals surface area contributed by atoms with Crippen LogP contribution in [0.5, 0.6) is 0 Å². The standard InChI is InChI=1S/C14H29N3/c1-13(2,3)12-7-15(8-12)9-16-10-17(11-16)14(4,5)6/h12H,7-11H2,1-6H3. The van der Waals surface area contributed by atoms with Crippen molar-refractivity contribution in [1.82, 2.24) is 14.7 Å². The van der Waals surface area contributed by atoms with Crippen LogP contribution in [-0.4, -0.2) is 53.3 Å². The summed E-state index contributed by atoms with van der Waals surface area (Å²) in [6.07, 6.45) is 0. The lowest BCUT2D eigenvalue weighted by Gasteiger charge is -2.54. The van der Waals surface area contributed by atoms with E-state index in [2.05, 4.69) is 56.2 Å². The van der Waals surface area contributed by atoms with Crippen molar-refractivity contribution in [3.63, 3.8) is 0 Å². The number of nitrogens with zero attached hydrogens (tertiary/aromatic N) is 3. The van der Waals surface area contributed by atoms with Crippen LogP contribution in [0, 0.1) is 11.3 Å². The highest BCUT2D eigenvalue weighted by Crippen LogP contribution is 2.34. The highest BCUT2D eigenvalue weighted by Gasteiger charge is 2.39. The zero-order valence-electron chi connectivity index (χ0n) is 12.5. The Kier molecular flexibility index (Phi) is 3.30. The normalized spacial score (nSPS) is 25.8. The fourth-order valence-corrected chi connectivity index (χ4v) is 2.47. The van der Waals surface area contributed by atoms with Crippen LogP contribution >= 0.6 is 0 Å². The van der Waals surface area contributed by atoms with E-state index in [9.17, 15) is 0 Å². The van der Waals surface area contributed by atoms with Gasteiger partial charge in [-0.15, -0.1) is 0 Å². The van der Waals surface area contributed by atoms with Crippen molar-refractivity contribution >= 4 is 0 Å². The molecule has 0 aromatic heterocycles. The average Bonchev–Trinajstić information content (AvgIpc) is 1.91. The van der Waals surface area contributed by atoms with Crippen molar-refractivity contribution in [3.05, 3.63) is 0 Å². The van der Waals surface area contributed by atoms with Gasteiger partial charge >= 0.3 is 0 Å². The molecule has 0 unspecified atom stereocenters. The van der Waals surface area contributed by atoms with Gasteiger partial charge in [0.15, 0.2) is 0 Å². The molecule has 0 atom stereocenters. The Morgan fingerprint density at radius 2 is 1.41 bits per heavy atom. The molecule has 0 radical (unpaired) electrons. The summed E-state index contributed by atoms with van der Waals surface area (Å²) < 4.78 is 0. The minimum atomic E-state index is 0.333. The van der Waals surface area contributed by atoms with Gasteiger partial charge in [0.25, 0.3) is 0 Å². The predicted octanol–water partition coefficient (Wildman–Crippen LogP) is 2.25. The molecular weight excluding hydrogens is 210 g/mol. The van der Waals surface area contributed by atoms with E-state index in [1.54, 1.807) is 0 Å². The third kappa shape index (κ3) is 3.01. The molecule has 0 N–H and O–H groups in total. The van der Waals surface area contributed by atoms with Gasteiger partial charge in [0.2, 0.25) is 0 Å². The third-order valence-corrected chi connectivity index (χ3v) is 4.27. The molecule has 0 aromatic carbocycles. The number of hydrogen-bond donors (Lipinski definition) is 0. The summed E-state index contributed by atoms with van der Waals surface area (Å²) in [4.78, 5) is 7.63. The Morgan fingerprint density at radius 1 is 0.882 bits per heavy atom. The molecule has 2 saturated heterocycles. The lowest BCUT2D eigenvalue weighted by Crippen LogP contribution is -2.66. The highest BCUT2D eigenvalue weighted by molar-refractivity contribution is 4.89. The van der Waals surface area contributed by atoms with Crippen molar-refractivity contribution in [2.75, 3.05) is 33.1 Å². The van der Waals surface area contributed by atoms with Crippen LogP contribution in [0.4, 0.5) is 0 Å². The molecule has 3 heteroatoms. The SMILES string of the molecule is CC(C)(C)C1CN(CN2CN(C(C)(C)C)C2)C1. The molecule has 0 bridgehead atoms. The monoisotopic (exact) mass is 239 g/mol. The van der Waals surface area contributed by atoms with E-state index in [0.29, 0.717) is 11.0 Å². The first-order valence-electron chi connectivity index (χ1n) is 6.86. The molecular formula is C14H29N3. The molecule has 0 saturated carbocycles. The predicted molar refractivity (Wildman–Crippen MR) is 72.6 cm³/mol. The molecule has 0 aromatic rings. The molecule has 0 spiro atoms. The molecule has 100 valence electrons. The van der Waals surface area contributed by atoms with Crippen LogP contribution in [0.15, 0.2) is 0 Å². The zero-order chi connectivity index (χ0) is 12.8. The molecule has 17 heavy (non-hydrogen) atoms. The van der Waals surface area contributed by atoms with Crippen LogP contribution in [0.1, 0.15) is 41.5 Å². The lowest BCUT2D eigenvalue weighted by molar-refractivity contribution is -0.128. The fourth-order valence-electron chi connectivity index (χ4n) is 2.47. The van der Waals surface area contributed by atoms with Gasteiger partial charge in [0, 0.05) is 18.6 Å². The number of likely N-dealkylation sites (tertiary alicyclic amines) is 1. The van der Waals surface area contributed by atoms with Gasteiger partial charge in [-0.05, 0) is 32.1 Å². The fraction of sp³-hybridized carbons (Fsp3) is 1.00. The molecule has 2 aliphatic heterocycles. The van der Waals surface area contributed by atoms with E-state index in [4.69, 9.17) is 0 Å². The maximum absolute atomic E-state index is 2.58. The van der Waals surface area contributed by atoms with Gasteiger partial charge in [-0.1, -0.05) is 20.8 Å². The van der Waals surface area contributed by atoms with Gasteiger partial charge in [0.05, 0.1) is 20.0 Å². The van der Waals surface area contributed by atoms with Crippen molar-refractivity contribution < 1.29 is 0 Å². The van der Waals surface area contributed by atoms with Crippen LogP contribution in [-0.2, 0) is 0 Å². The van der Waals surface area contributed by atoms with E-state index < -0.39 is 0 Å². The Morgan fingerprint density at radius 3 is 1.82 bits per heavy atom. The number of hydrogen-bond acceptors (Lipinski definition) is 3. The molecule has 2 rings (SSSR count). The summed E-state index contributed by atoms with van der Waals surface area (Å²) in [7, 11) is 0. The van der Waals surface area contributed by atoms with Crippen molar-refractivity contribution in [2.24, 2.45) is 11.3 Å². The second-order valence-electron chi connectivity index (χ2n) is 7.90. The first kappa shape index (κ1) is 13.3. The molecule has 0 amide bonds. The molecule has 2 heterocycles. The smallest absolute Gasteiger partial charge is 0.0547 e. The Hall–Kier alpha value is -0.120. The third-order valence-electron chi connectivity index (χ3n) is 4.27. The Labute approximate surface area is 107 Å². The van der Waals surface area contributed by atoms with Gasteiger partial charge < -0.3 is 0 Å². The minimum absolute atomic E-state index is 0.333. The molecule has 2 fully saturated rings. The van der Waals surface area contributed by atoms with E-state index >= 15 is 0 Å². The van der Waals surface area contributed by atoms with Gasteiger partial charge in [-0.25, -0.2) is 0 Å². The highest BCUT2D eigenvalue weighted by atomic mass is 15.5. The van der Waals surface area contributed by atoms with E-state index in [0.717, 1.165) is 19.3 Å². The zero-order valence-corrected chi connectivity index (χ0v) is 12.5. The van der Waals surface area contributed by atoms with Crippen LogP contribution in [0.25, 0.3) is 0 Å². The summed E-state index contributed by atoms with van der Waals surface area (Å²) in [5, 5.41) is 0. The van der Waals surface area contributed by atoms with Crippen molar-refractivity contribution in [3.8, 4) is 0 Å². The van der Waals surface area contributed by atoms with Crippen LogP contribution in [0.3, 0.4) is 0 Å². The quantitative estimate of drug-likeness (QED) is 0.732. The second kappa shape index (κ2) is 4.22. The summed E-state index contributed by atoms with van der Waals surface area (Å²) in [6, 6.07) is 0. The summed E-state index contributed by atoms with van der Waals surface area (Å²) in [5.41, 5.74) is 0.822. The number of rotatable bonds is 2. The first-order valence-corrected chi connectivity index (χ1v) is 6.86. The van der Waals surface area contributed by atoms with E-state index in [1.807, 2.05) is 0 Å².